The molecule has 0 aliphatic carbocycles. The summed E-state index contributed by atoms with van der Waals surface area (Å²) >= 11 is -0.346. The third-order valence-corrected chi connectivity index (χ3v) is 20.6. The maximum Gasteiger partial charge on any atom is -0.000884 e. The molecule has 0 saturated carbocycles. The quantitative estimate of drug-likeness (QED) is 0.0958. The first kappa shape index (κ1) is 51.3. The predicted molar refractivity (Wildman–Crippen MR) is 318 cm³/mol. The molecule has 0 unspecified atom stereocenters. The number of halogens is 2. The van der Waals surface area contributed by atoms with E-state index in [9.17, 15) is 0 Å². The van der Waals surface area contributed by atoms with Gasteiger partial charge < -0.3 is 5.73 Å². The van der Waals surface area contributed by atoms with Crippen LogP contribution in [0.1, 0.15) is 18.5 Å². The summed E-state index contributed by atoms with van der Waals surface area (Å²) in [6, 6.07) is 104. The molecule has 72 heavy (non-hydrogen) atoms. The maximum absolute atomic E-state index is 6.63. The average Bonchev–Trinajstić information content (AvgIpc) is 3.45. The Morgan fingerprint density at radius 2 is 0.597 bits per heavy atom. The zero-order chi connectivity index (χ0) is 49.5. The van der Waals surface area contributed by atoms with E-state index in [4.69, 9.17) is 25.1 Å². The molecule has 1 nitrogen and oxygen atoms in total. The Labute approximate surface area is 445 Å². The molecule has 0 saturated heterocycles. The molecule has 0 fully saturated rings. The summed E-state index contributed by atoms with van der Waals surface area (Å²) in [6.45, 7) is 2.28. The van der Waals surface area contributed by atoms with Crippen molar-refractivity contribution in [1.82, 2.24) is 0 Å². The largest absolute Gasteiger partial charge is 0.0622 e. The van der Waals surface area contributed by atoms with E-state index in [0.717, 1.165) is 0 Å². The van der Waals surface area contributed by atoms with Gasteiger partial charge in [0.05, 0.1) is 0 Å². The van der Waals surface area contributed by atoms with Gasteiger partial charge in [-0.05, 0) is 104 Å². The molecule has 2 atom stereocenters. The van der Waals surface area contributed by atoms with Crippen molar-refractivity contribution in [2.75, 3.05) is 0 Å². The first-order valence-corrected chi connectivity index (χ1v) is 32.5. The van der Waals surface area contributed by atoms with Crippen LogP contribution in [0.5, 0.6) is 0 Å². The summed E-state index contributed by atoms with van der Waals surface area (Å²) in [4.78, 5) is 0. The van der Waals surface area contributed by atoms with E-state index >= 15 is 0 Å². The van der Waals surface area contributed by atoms with Crippen LogP contribution in [0.3, 0.4) is 0 Å². The number of hydrogen-bond acceptors (Lipinski definition) is 1. The first-order valence-electron chi connectivity index (χ1n) is 23.9. The molecule has 2 N–H and O–H groups in total. The smallest absolute Gasteiger partial charge is 0.000884 e. The summed E-state index contributed by atoms with van der Waals surface area (Å²) in [5.41, 5.74) is 10.9. The van der Waals surface area contributed by atoms with E-state index in [1.165, 1.54) is 80.7 Å². The van der Waals surface area contributed by atoms with Gasteiger partial charge in [0, 0.05) is 11.7 Å². The molecule has 0 radical (unpaired) electrons. The van der Waals surface area contributed by atoms with E-state index < -0.39 is 23.8 Å². The van der Waals surface area contributed by atoms with Crippen molar-refractivity contribution in [2.45, 2.75) is 18.6 Å². The maximum atomic E-state index is 6.63. The van der Waals surface area contributed by atoms with Crippen LogP contribution in [0.25, 0.3) is 32.7 Å². The Bertz CT molecular complexity index is 3110. The second-order valence-electron chi connectivity index (χ2n) is 17.1. The topological polar surface area (TPSA) is 26.0 Å². The molecule has 0 aliphatic rings. The Morgan fingerprint density at radius 1 is 0.333 bits per heavy atom. The molecule has 356 valence electrons. The molecule has 11 aromatic carbocycles. The minimum Gasteiger partial charge on any atom is -0.0622 e. The van der Waals surface area contributed by atoms with E-state index in [2.05, 4.69) is 286 Å². The van der Waals surface area contributed by atoms with Gasteiger partial charge in [0.2, 0.25) is 0 Å². The average molecular weight is 1110 g/mol. The van der Waals surface area contributed by atoms with Crippen molar-refractivity contribution in [2.24, 2.45) is 5.73 Å². The molecule has 0 amide bonds. The van der Waals surface area contributed by atoms with Crippen molar-refractivity contribution in [1.29, 1.82) is 0 Å². The van der Waals surface area contributed by atoms with Gasteiger partial charge in [-0.25, -0.2) is 0 Å². The van der Waals surface area contributed by atoms with Crippen LogP contribution >= 0.6 is 43.1 Å². The van der Waals surface area contributed by atoms with Crippen LogP contribution in [-0.4, -0.2) is 5.66 Å². The van der Waals surface area contributed by atoms with Crippen LogP contribution in [0.4, 0.5) is 0 Å². The molecule has 0 spiro atoms. The van der Waals surface area contributed by atoms with Gasteiger partial charge in [0.15, 0.2) is 0 Å². The Kier molecular flexibility index (Phi) is 18.4. The van der Waals surface area contributed by atoms with Crippen molar-refractivity contribution >= 4 is 107 Å². The molecular formula is C65H54Cl2NP3Ru. The Morgan fingerprint density at radius 3 is 0.917 bits per heavy atom. The fourth-order valence-electron chi connectivity index (χ4n) is 9.49. The van der Waals surface area contributed by atoms with E-state index in [0.29, 0.717) is 5.66 Å². The van der Waals surface area contributed by atoms with Crippen LogP contribution < -0.4 is 48.2 Å². The first-order chi connectivity index (χ1) is 35.6. The zero-order valence-corrected chi connectivity index (χ0v) is 45.8. The van der Waals surface area contributed by atoms with Gasteiger partial charge in [0.25, 0.3) is 0 Å². The number of nitrogens with two attached hydrogens (primary N) is 1. The number of rotatable bonds is 12. The second kappa shape index (κ2) is 25.9. The third kappa shape index (κ3) is 12.1. The molecule has 0 heterocycles. The molecule has 0 aliphatic heterocycles. The number of hydrogen-bond donors (Lipinski definition) is 1. The molecule has 11 aromatic rings. The van der Waals surface area contributed by atoms with Gasteiger partial charge in [0.1, 0.15) is 0 Å². The van der Waals surface area contributed by atoms with E-state index in [-0.39, 0.29) is 21.2 Å². The van der Waals surface area contributed by atoms with E-state index in [1.807, 2.05) is 6.07 Å². The Hall–Kier alpha value is -5.61. The molecule has 11 rings (SSSR count). The van der Waals surface area contributed by atoms with Gasteiger partial charge in [-0.1, -0.05) is 292 Å². The summed E-state index contributed by atoms with van der Waals surface area (Å²) in [7, 11) is 7.50. The standard InChI is InChI=1S/C44H32P2.C21H22NP.2ClH.Ru/c1-5-19-35(20-6-1)45(36-21-7-2-8-22-36)41-31-29-33-17-13-15-27-39(33)43(41)44-40-28-16-14-18-34(40)30-32-42(44)46(37-23-9-3-10-24-37)38-25-11-4-12-26-38;1-17(21(22)18-11-5-2-6-12-18)23(19-13-7-3-8-14-19)20-15-9-4-10-16-20;;;/h1-32H;2-17,21H,22H2,1H3;2*1H;/q;;;;+2/p-2/t;17-,21+;;;/m.0.../s1. The summed E-state index contributed by atoms with van der Waals surface area (Å²) in [6.07, 6.45) is 0. The van der Waals surface area contributed by atoms with Crippen molar-refractivity contribution in [3.63, 3.8) is 0 Å². The van der Waals surface area contributed by atoms with Gasteiger partial charge in [-0.2, -0.15) is 0 Å². The molecular weight excluding hydrogens is 1060 g/mol. The van der Waals surface area contributed by atoms with E-state index in [1.54, 1.807) is 0 Å². The molecule has 0 aromatic heterocycles. The summed E-state index contributed by atoms with van der Waals surface area (Å²) in [5.74, 6) is 0. The van der Waals surface area contributed by atoms with Gasteiger partial charge in [-0.3, -0.25) is 0 Å². The Balaban J connectivity index is 0.000000206. The van der Waals surface area contributed by atoms with Crippen molar-refractivity contribution < 1.29 is 15.1 Å². The number of benzene rings is 11. The minimum atomic E-state index is -0.852. The second-order valence-corrected chi connectivity index (χ2v) is 26.7. The van der Waals surface area contributed by atoms with Crippen LogP contribution in [0.2, 0.25) is 0 Å². The third-order valence-electron chi connectivity index (χ3n) is 12.8. The fraction of sp³-hybridized carbons (Fsp3) is 0.0462. The van der Waals surface area contributed by atoms with Crippen LogP contribution in [0.15, 0.2) is 285 Å². The van der Waals surface area contributed by atoms with Gasteiger partial charge in [-0.15, -0.1) is 0 Å². The fourth-order valence-corrected chi connectivity index (χ4v) is 17.2. The monoisotopic (exact) mass is 1110 g/mol. The zero-order valence-electron chi connectivity index (χ0n) is 39.8. The van der Waals surface area contributed by atoms with Crippen molar-refractivity contribution in [3.8, 4) is 11.1 Å². The predicted octanol–water partition coefficient (Wildman–Crippen LogP) is 14.8. The minimum absolute atomic E-state index is 0.0303. The van der Waals surface area contributed by atoms with Gasteiger partial charge >= 0.3 is 34.5 Å². The SMILES string of the molecule is C[C@@H]([C@@H](N)c1ccccc1)P(c1ccccc1)c1ccccc1.[Cl][Ru][Cl].c1ccc(P(c2ccccc2)c2ccc3ccccc3c2-c2c(P(c3ccccc3)c3ccccc3)ccc3ccccc23)cc1. The normalized spacial score (nSPS) is 12.0. The van der Waals surface area contributed by atoms with Crippen LogP contribution in [-0.2, 0) is 15.1 Å². The molecule has 7 heteroatoms. The molecule has 0 bridgehead atoms. The summed E-state index contributed by atoms with van der Waals surface area (Å²) in [5, 5.41) is 16.1. The van der Waals surface area contributed by atoms with Crippen molar-refractivity contribution in [3.05, 3.63) is 291 Å². The van der Waals surface area contributed by atoms with Crippen LogP contribution in [0, 0.1) is 0 Å². The number of fused-ring (bicyclic) bond motifs is 2. The summed E-state index contributed by atoms with van der Waals surface area (Å²) < 4.78 is 0.